The lowest BCUT2D eigenvalue weighted by Crippen LogP contribution is -2.05. The van der Waals surface area contributed by atoms with E-state index in [-0.39, 0.29) is 10.9 Å². The number of para-hydroxylation sites is 1. The number of fused-ring (bicyclic) bond motifs is 2. The lowest BCUT2D eigenvalue weighted by atomic mass is 10.1. The van der Waals surface area contributed by atoms with Gasteiger partial charge >= 0.3 is 0 Å². The van der Waals surface area contributed by atoms with Gasteiger partial charge in [0.25, 0.3) is 0 Å². The van der Waals surface area contributed by atoms with Crippen LogP contribution in [0.25, 0.3) is 10.9 Å². The van der Waals surface area contributed by atoms with Gasteiger partial charge in [-0.1, -0.05) is 18.2 Å². The topological polar surface area (TPSA) is 72.8 Å². The first-order chi connectivity index (χ1) is 11.7. The van der Waals surface area contributed by atoms with Crippen LogP contribution in [0.5, 0.6) is 5.75 Å². The first kappa shape index (κ1) is 14.8. The van der Waals surface area contributed by atoms with Gasteiger partial charge in [-0.25, -0.2) is 0 Å². The van der Waals surface area contributed by atoms with Crippen molar-refractivity contribution in [3.63, 3.8) is 0 Å². The molecular formula is C18H16N4OS. The van der Waals surface area contributed by atoms with E-state index >= 15 is 0 Å². The molecule has 0 atom stereocenters. The number of nitrogens with one attached hydrogen (secondary N) is 2. The van der Waals surface area contributed by atoms with Gasteiger partial charge in [0.1, 0.15) is 0 Å². The number of anilines is 1. The summed E-state index contributed by atoms with van der Waals surface area (Å²) in [5, 5.41) is 22.2. The van der Waals surface area contributed by atoms with E-state index in [1.165, 1.54) is 17.5 Å². The normalized spacial score (nSPS) is 13.5. The number of azo groups is 1. The van der Waals surface area contributed by atoms with Crippen LogP contribution in [0.3, 0.4) is 0 Å². The van der Waals surface area contributed by atoms with E-state index in [0.717, 1.165) is 24.0 Å². The predicted molar refractivity (Wildman–Crippen MR) is 99.2 cm³/mol. The summed E-state index contributed by atoms with van der Waals surface area (Å²) in [6.07, 6.45) is 3.48. The third-order valence-corrected chi connectivity index (χ3v) is 4.43. The molecule has 6 heteroatoms. The number of aromatic hydroxyl groups is 1. The van der Waals surface area contributed by atoms with Crippen LogP contribution in [0.4, 0.5) is 11.5 Å². The number of hydrogen-bond acceptors (Lipinski definition) is 3. The van der Waals surface area contributed by atoms with Crippen molar-refractivity contribution in [3.8, 4) is 5.75 Å². The van der Waals surface area contributed by atoms with E-state index in [2.05, 4.69) is 32.7 Å². The summed E-state index contributed by atoms with van der Waals surface area (Å²) in [6, 6.07) is 13.7. The van der Waals surface area contributed by atoms with E-state index in [4.69, 9.17) is 12.2 Å². The number of aromatic amines is 1. The molecular weight excluding hydrogens is 320 g/mol. The minimum Gasteiger partial charge on any atom is -0.504 e. The Morgan fingerprint density at radius 1 is 1.12 bits per heavy atom. The van der Waals surface area contributed by atoms with E-state index in [1.54, 1.807) is 0 Å². The lowest BCUT2D eigenvalue weighted by molar-refractivity contribution is 0.482. The van der Waals surface area contributed by atoms with Crippen molar-refractivity contribution < 1.29 is 5.11 Å². The molecule has 1 aliphatic carbocycles. The highest BCUT2D eigenvalue weighted by Gasteiger charge is 2.11. The standard InChI is InChI=1S/C18H16N4OS/c23-16-14-6-1-2-7-15(14)20-17(16)21-22-18(24)19-13-9-8-11-4-3-5-12(11)10-13/h1-2,6-10,20,23H,3-5H2,(H,19,24). The van der Waals surface area contributed by atoms with Crippen molar-refractivity contribution in [2.24, 2.45) is 10.2 Å². The number of aryl methyl sites for hydroxylation is 2. The second kappa shape index (κ2) is 6.05. The predicted octanol–water partition coefficient (Wildman–Crippen LogP) is 4.84. The summed E-state index contributed by atoms with van der Waals surface area (Å²) >= 11 is 5.22. The maximum atomic E-state index is 10.1. The zero-order chi connectivity index (χ0) is 16.5. The SMILES string of the molecule is Oc1c(N=NC(=S)Nc2ccc3c(c2)CCC3)[nH]c2ccccc12. The Kier molecular flexibility index (Phi) is 3.74. The van der Waals surface area contributed by atoms with Crippen LogP contribution < -0.4 is 5.32 Å². The van der Waals surface area contributed by atoms with E-state index in [1.807, 2.05) is 30.3 Å². The van der Waals surface area contributed by atoms with Gasteiger partial charge in [0, 0.05) is 11.1 Å². The molecule has 5 nitrogen and oxygen atoms in total. The van der Waals surface area contributed by atoms with Gasteiger partial charge < -0.3 is 15.4 Å². The van der Waals surface area contributed by atoms with E-state index in [9.17, 15) is 5.11 Å². The number of nitrogens with zero attached hydrogens (tertiary/aromatic N) is 2. The van der Waals surface area contributed by atoms with Crippen LogP contribution in [0.15, 0.2) is 52.7 Å². The Morgan fingerprint density at radius 2 is 1.96 bits per heavy atom. The fourth-order valence-electron chi connectivity index (χ4n) is 3.08. The minimum absolute atomic E-state index is 0.0784. The molecule has 24 heavy (non-hydrogen) atoms. The van der Waals surface area contributed by atoms with Crippen molar-refractivity contribution in [3.05, 3.63) is 53.6 Å². The van der Waals surface area contributed by atoms with Crippen molar-refractivity contribution in [2.75, 3.05) is 5.32 Å². The number of aromatic nitrogens is 1. The molecule has 0 unspecified atom stereocenters. The highest BCUT2D eigenvalue weighted by Crippen LogP contribution is 2.34. The van der Waals surface area contributed by atoms with E-state index in [0.29, 0.717) is 11.2 Å². The average Bonchev–Trinajstić information content (AvgIpc) is 3.17. The molecule has 4 rings (SSSR count). The largest absolute Gasteiger partial charge is 0.504 e. The van der Waals surface area contributed by atoms with Crippen molar-refractivity contribution >= 4 is 39.7 Å². The third-order valence-electron chi connectivity index (χ3n) is 4.25. The Bertz CT molecular complexity index is 961. The summed E-state index contributed by atoms with van der Waals surface area (Å²) in [6.45, 7) is 0. The molecule has 2 aromatic carbocycles. The van der Waals surface area contributed by atoms with Crippen molar-refractivity contribution in [1.29, 1.82) is 0 Å². The fourth-order valence-corrected chi connectivity index (χ4v) is 3.24. The summed E-state index contributed by atoms with van der Waals surface area (Å²) < 4.78 is 0. The van der Waals surface area contributed by atoms with Gasteiger partial charge in [-0.2, -0.15) is 0 Å². The lowest BCUT2D eigenvalue weighted by Gasteiger charge is -2.05. The van der Waals surface area contributed by atoms with Crippen LogP contribution in [-0.2, 0) is 12.8 Å². The monoisotopic (exact) mass is 336 g/mol. The quantitative estimate of drug-likeness (QED) is 0.463. The first-order valence-electron chi connectivity index (χ1n) is 7.85. The molecule has 0 saturated carbocycles. The van der Waals surface area contributed by atoms with Crippen LogP contribution in [0, 0.1) is 0 Å². The van der Waals surface area contributed by atoms with Crippen molar-refractivity contribution in [1.82, 2.24) is 4.98 Å². The Labute approximate surface area is 144 Å². The molecule has 0 spiro atoms. The van der Waals surface area contributed by atoms with Gasteiger partial charge in [-0.15, -0.1) is 10.2 Å². The van der Waals surface area contributed by atoms with Gasteiger partial charge in [0.2, 0.25) is 5.11 Å². The Hall–Kier alpha value is -2.73. The molecule has 0 amide bonds. The number of H-pyrrole nitrogens is 1. The highest BCUT2D eigenvalue weighted by molar-refractivity contribution is 7.80. The van der Waals surface area contributed by atoms with Gasteiger partial charge in [-0.05, 0) is 66.9 Å². The minimum atomic E-state index is 0.0784. The molecule has 0 aliphatic heterocycles. The van der Waals surface area contributed by atoms with Crippen LogP contribution >= 0.6 is 12.2 Å². The van der Waals surface area contributed by atoms with Gasteiger partial charge in [-0.3, -0.25) is 0 Å². The second-order valence-electron chi connectivity index (χ2n) is 5.83. The molecule has 1 aromatic heterocycles. The fraction of sp³-hybridized carbons (Fsp3) is 0.167. The molecule has 0 fully saturated rings. The second-order valence-corrected chi connectivity index (χ2v) is 6.22. The molecule has 0 radical (unpaired) electrons. The molecule has 1 heterocycles. The molecule has 0 saturated heterocycles. The molecule has 3 aromatic rings. The molecule has 0 bridgehead atoms. The Morgan fingerprint density at radius 3 is 2.83 bits per heavy atom. The molecule has 3 N–H and O–H groups in total. The third kappa shape index (κ3) is 2.76. The molecule has 1 aliphatic rings. The van der Waals surface area contributed by atoms with Crippen LogP contribution in [0.2, 0.25) is 0 Å². The zero-order valence-corrected chi connectivity index (χ0v) is 13.7. The summed E-state index contributed by atoms with van der Waals surface area (Å²) in [5.41, 5.74) is 4.51. The van der Waals surface area contributed by atoms with Crippen LogP contribution in [-0.4, -0.2) is 15.2 Å². The maximum Gasteiger partial charge on any atom is 0.218 e. The zero-order valence-electron chi connectivity index (χ0n) is 12.9. The van der Waals surface area contributed by atoms with E-state index < -0.39 is 0 Å². The molecule has 120 valence electrons. The number of rotatable bonds is 2. The van der Waals surface area contributed by atoms with Crippen LogP contribution in [0.1, 0.15) is 17.5 Å². The first-order valence-corrected chi connectivity index (χ1v) is 8.26. The number of benzene rings is 2. The number of hydrogen-bond donors (Lipinski definition) is 3. The maximum absolute atomic E-state index is 10.1. The van der Waals surface area contributed by atoms with Crippen molar-refractivity contribution in [2.45, 2.75) is 19.3 Å². The Balaban J connectivity index is 1.50. The summed E-state index contributed by atoms with van der Waals surface area (Å²) in [4.78, 5) is 3.02. The van der Waals surface area contributed by atoms with Gasteiger partial charge in [0.05, 0.1) is 5.52 Å². The summed E-state index contributed by atoms with van der Waals surface area (Å²) in [5.74, 6) is 0.379. The average molecular weight is 336 g/mol. The van der Waals surface area contributed by atoms with Gasteiger partial charge in [0.15, 0.2) is 11.6 Å². The summed E-state index contributed by atoms with van der Waals surface area (Å²) in [7, 11) is 0. The highest BCUT2D eigenvalue weighted by atomic mass is 32.1. The number of thiocarbonyl (C=S) groups is 1. The smallest absolute Gasteiger partial charge is 0.218 e.